The van der Waals surface area contributed by atoms with Crippen LogP contribution in [0.5, 0.6) is 11.5 Å². The van der Waals surface area contributed by atoms with Crippen LogP contribution < -0.4 is 11.5 Å². The van der Waals surface area contributed by atoms with Gasteiger partial charge in [0.15, 0.2) is 0 Å². The molecule has 0 unspecified atom stereocenters. The Kier molecular flexibility index (Phi) is 4.47. The van der Waals surface area contributed by atoms with Gasteiger partial charge in [-0.1, -0.05) is 60.7 Å². The molecule has 1 aliphatic carbocycles. The Morgan fingerprint density at radius 2 is 0.939 bits per heavy atom. The summed E-state index contributed by atoms with van der Waals surface area (Å²) >= 11 is 0. The van der Waals surface area contributed by atoms with Crippen LogP contribution in [-0.2, 0) is 5.41 Å². The molecule has 4 aromatic carbocycles. The van der Waals surface area contributed by atoms with E-state index in [4.69, 9.17) is 11.5 Å². The Balaban J connectivity index is 2.07. The van der Waals surface area contributed by atoms with Crippen molar-refractivity contribution in [3.63, 3.8) is 0 Å². The number of anilines is 2. The molecule has 6 N–H and O–H groups in total. The van der Waals surface area contributed by atoms with E-state index in [9.17, 15) is 10.2 Å². The van der Waals surface area contributed by atoms with Crippen LogP contribution >= 0.6 is 0 Å². The van der Waals surface area contributed by atoms with Gasteiger partial charge in [0.2, 0.25) is 0 Å². The Labute approximate surface area is 194 Å². The second-order valence-corrected chi connectivity index (χ2v) is 9.10. The van der Waals surface area contributed by atoms with Crippen LogP contribution in [-0.4, -0.2) is 10.2 Å². The largest absolute Gasteiger partial charge is 0.506 e. The minimum Gasteiger partial charge on any atom is -0.506 e. The summed E-state index contributed by atoms with van der Waals surface area (Å²) in [7, 11) is 0. The average molecular weight is 437 g/mol. The Hall–Kier alpha value is -3.92. The zero-order chi connectivity index (χ0) is 23.7. The summed E-state index contributed by atoms with van der Waals surface area (Å²) < 4.78 is 0. The van der Waals surface area contributed by atoms with Crippen molar-refractivity contribution >= 4 is 11.4 Å². The van der Waals surface area contributed by atoms with Crippen molar-refractivity contribution in [2.24, 2.45) is 0 Å². The third kappa shape index (κ3) is 2.58. The first-order chi connectivity index (χ1) is 15.7. The van der Waals surface area contributed by atoms with E-state index in [1.54, 1.807) is 0 Å². The maximum absolute atomic E-state index is 10.6. The molecule has 33 heavy (non-hydrogen) atoms. The van der Waals surface area contributed by atoms with Gasteiger partial charge in [-0.25, -0.2) is 0 Å². The molecule has 0 saturated carbocycles. The van der Waals surface area contributed by atoms with E-state index in [-0.39, 0.29) is 11.5 Å². The number of phenols is 2. The van der Waals surface area contributed by atoms with Crippen LogP contribution in [0.4, 0.5) is 11.4 Å². The Morgan fingerprint density at radius 3 is 1.33 bits per heavy atom. The number of rotatable bonds is 2. The van der Waals surface area contributed by atoms with Crippen LogP contribution in [0.2, 0.25) is 0 Å². The van der Waals surface area contributed by atoms with Gasteiger partial charge in [-0.15, -0.1) is 0 Å². The highest BCUT2D eigenvalue weighted by molar-refractivity contribution is 5.88. The number of hydrogen-bond donors (Lipinski definition) is 4. The van der Waals surface area contributed by atoms with Crippen LogP contribution in [0.1, 0.15) is 44.5 Å². The molecular formula is C29H28N2O2. The minimum atomic E-state index is -0.708. The second-order valence-electron chi connectivity index (χ2n) is 9.10. The smallest absolute Gasteiger partial charge is 0.141 e. The summed E-state index contributed by atoms with van der Waals surface area (Å²) in [6.07, 6.45) is 0. The molecule has 0 heterocycles. The molecule has 0 saturated heterocycles. The maximum Gasteiger partial charge on any atom is 0.141 e. The summed E-state index contributed by atoms with van der Waals surface area (Å²) in [5, 5.41) is 21.2. The molecule has 0 bridgehead atoms. The molecule has 5 rings (SSSR count). The fraction of sp³-hybridized carbons (Fsp3) is 0.172. The number of benzene rings is 4. The molecule has 4 heteroatoms. The SMILES string of the molecule is Cc1cc(C2(c3cc(C)c(O)c(N)c3C)c3ccccc3-c3ccccc32)c(C)c(N)c1O. The van der Waals surface area contributed by atoms with Crippen molar-refractivity contribution in [2.45, 2.75) is 33.1 Å². The van der Waals surface area contributed by atoms with Crippen LogP contribution in [0, 0.1) is 27.7 Å². The highest BCUT2D eigenvalue weighted by Crippen LogP contribution is 2.59. The van der Waals surface area contributed by atoms with Crippen LogP contribution in [0.3, 0.4) is 0 Å². The molecule has 0 radical (unpaired) electrons. The third-order valence-corrected chi connectivity index (χ3v) is 7.36. The Morgan fingerprint density at radius 1 is 0.576 bits per heavy atom. The lowest BCUT2D eigenvalue weighted by Gasteiger charge is -2.37. The Bertz CT molecular complexity index is 1340. The van der Waals surface area contributed by atoms with Crippen LogP contribution in [0.25, 0.3) is 11.1 Å². The lowest BCUT2D eigenvalue weighted by molar-refractivity contribution is 0.472. The number of aromatic hydroxyl groups is 2. The van der Waals surface area contributed by atoms with E-state index in [0.29, 0.717) is 11.4 Å². The number of fused-ring (bicyclic) bond motifs is 3. The first kappa shape index (κ1) is 21.0. The summed E-state index contributed by atoms with van der Waals surface area (Å²) in [4.78, 5) is 0. The van der Waals surface area contributed by atoms with E-state index >= 15 is 0 Å². The molecule has 4 aromatic rings. The van der Waals surface area contributed by atoms with Crippen molar-refractivity contribution in [1.82, 2.24) is 0 Å². The van der Waals surface area contributed by atoms with Gasteiger partial charge in [-0.05, 0) is 83.3 Å². The zero-order valence-electron chi connectivity index (χ0n) is 19.3. The summed E-state index contributed by atoms with van der Waals surface area (Å²) in [6.45, 7) is 7.67. The third-order valence-electron chi connectivity index (χ3n) is 7.36. The predicted molar refractivity (Wildman–Crippen MR) is 135 cm³/mol. The second kappa shape index (κ2) is 7.04. The van der Waals surface area contributed by atoms with Gasteiger partial charge < -0.3 is 21.7 Å². The van der Waals surface area contributed by atoms with Gasteiger partial charge in [-0.3, -0.25) is 0 Å². The van der Waals surface area contributed by atoms with Crippen molar-refractivity contribution in [3.05, 3.63) is 105 Å². The average Bonchev–Trinajstić information content (AvgIpc) is 3.12. The van der Waals surface area contributed by atoms with Crippen molar-refractivity contribution in [2.75, 3.05) is 11.5 Å². The van der Waals surface area contributed by atoms with E-state index in [2.05, 4.69) is 48.5 Å². The van der Waals surface area contributed by atoms with Crippen molar-refractivity contribution in [3.8, 4) is 22.6 Å². The molecule has 166 valence electrons. The summed E-state index contributed by atoms with van der Waals surface area (Å²) in [5.41, 5.74) is 22.6. The molecule has 0 amide bonds. The van der Waals surface area contributed by atoms with Gasteiger partial charge in [0.05, 0.1) is 16.8 Å². The van der Waals surface area contributed by atoms with Crippen LogP contribution in [0.15, 0.2) is 60.7 Å². The van der Waals surface area contributed by atoms with Crippen molar-refractivity contribution in [1.29, 1.82) is 0 Å². The molecule has 0 fully saturated rings. The molecule has 0 atom stereocenters. The maximum atomic E-state index is 10.6. The standard InChI is InChI=1S/C29H28N2O2/c1-15-13-23(17(3)25(30)27(15)32)29(24-14-16(2)28(33)26(31)18(24)4)21-11-7-5-9-19(21)20-10-6-8-12-22(20)29/h5-14,32-33H,30-31H2,1-4H3. The van der Waals surface area contributed by atoms with Crippen molar-refractivity contribution < 1.29 is 10.2 Å². The topological polar surface area (TPSA) is 92.5 Å². The lowest BCUT2D eigenvalue weighted by atomic mass is 9.64. The fourth-order valence-electron chi connectivity index (χ4n) is 5.60. The highest BCUT2D eigenvalue weighted by atomic mass is 16.3. The zero-order valence-corrected chi connectivity index (χ0v) is 19.3. The normalized spacial score (nSPS) is 13.6. The molecule has 0 spiro atoms. The van der Waals surface area contributed by atoms with Gasteiger partial charge in [0.25, 0.3) is 0 Å². The molecular weight excluding hydrogens is 408 g/mol. The number of nitrogens with two attached hydrogens (primary N) is 2. The van der Waals surface area contributed by atoms with E-state index in [0.717, 1.165) is 55.6 Å². The number of nitrogen functional groups attached to an aromatic ring is 2. The monoisotopic (exact) mass is 436 g/mol. The minimum absolute atomic E-state index is 0.115. The predicted octanol–water partition coefficient (Wildman–Crippen LogP) is 5.86. The van der Waals surface area contributed by atoms with Gasteiger partial charge >= 0.3 is 0 Å². The first-order valence-electron chi connectivity index (χ1n) is 11.1. The summed E-state index contributed by atoms with van der Waals surface area (Å²) in [6, 6.07) is 20.9. The number of aryl methyl sites for hydroxylation is 2. The number of hydrogen-bond acceptors (Lipinski definition) is 4. The molecule has 1 aliphatic rings. The number of phenolic OH excluding ortho intramolecular Hbond substituents is 2. The molecule has 0 aromatic heterocycles. The first-order valence-corrected chi connectivity index (χ1v) is 11.1. The van der Waals surface area contributed by atoms with Gasteiger partial charge in [0.1, 0.15) is 11.5 Å². The molecule has 0 aliphatic heterocycles. The quantitative estimate of drug-likeness (QED) is 0.206. The summed E-state index contributed by atoms with van der Waals surface area (Å²) in [5.74, 6) is 0.230. The van der Waals surface area contributed by atoms with E-state index in [1.807, 2.05) is 39.8 Å². The fourth-order valence-corrected chi connectivity index (χ4v) is 5.60. The lowest BCUT2D eigenvalue weighted by Crippen LogP contribution is -2.31. The van der Waals surface area contributed by atoms with E-state index in [1.165, 1.54) is 0 Å². The molecule has 4 nitrogen and oxygen atoms in total. The van der Waals surface area contributed by atoms with Gasteiger partial charge in [-0.2, -0.15) is 0 Å². The van der Waals surface area contributed by atoms with Gasteiger partial charge in [0, 0.05) is 0 Å². The highest BCUT2D eigenvalue weighted by Gasteiger charge is 2.48. The van der Waals surface area contributed by atoms with E-state index < -0.39 is 5.41 Å².